The minimum Gasteiger partial charge on any atom is -0.508 e. The SMILES string of the molecule is O=C(O)c1ccc(C(=O)O)c(NC(=O)c2cc(O)cc(C(=O)O)c2O)n1. The van der Waals surface area contributed by atoms with Gasteiger partial charge < -0.3 is 30.8 Å². The molecule has 0 aliphatic heterocycles. The number of rotatable bonds is 5. The van der Waals surface area contributed by atoms with Crippen LogP contribution in [0, 0.1) is 0 Å². The summed E-state index contributed by atoms with van der Waals surface area (Å²) in [4.78, 5) is 48.9. The van der Waals surface area contributed by atoms with Crippen LogP contribution in [0.2, 0.25) is 0 Å². The molecule has 2 rings (SSSR count). The summed E-state index contributed by atoms with van der Waals surface area (Å²) in [6.07, 6.45) is 0. The molecule has 11 nitrogen and oxygen atoms in total. The summed E-state index contributed by atoms with van der Waals surface area (Å²) < 4.78 is 0. The zero-order chi connectivity index (χ0) is 19.6. The van der Waals surface area contributed by atoms with Crippen molar-refractivity contribution in [3.05, 3.63) is 46.6 Å². The van der Waals surface area contributed by atoms with Crippen LogP contribution >= 0.6 is 0 Å². The Hall–Kier alpha value is -4.15. The van der Waals surface area contributed by atoms with E-state index in [1.165, 1.54) is 0 Å². The summed E-state index contributed by atoms with van der Waals surface area (Å²) >= 11 is 0. The van der Waals surface area contributed by atoms with Crippen molar-refractivity contribution >= 4 is 29.6 Å². The molecule has 6 N–H and O–H groups in total. The second kappa shape index (κ2) is 6.76. The molecule has 26 heavy (non-hydrogen) atoms. The van der Waals surface area contributed by atoms with Gasteiger partial charge in [-0.15, -0.1) is 0 Å². The van der Waals surface area contributed by atoms with Gasteiger partial charge in [0.15, 0.2) is 5.69 Å². The number of nitrogens with zero attached hydrogens (tertiary/aromatic N) is 1. The number of aromatic nitrogens is 1. The standard InChI is InChI=1S/C15H10N2O9/c18-5-3-7(10(19)8(4-5)14(23)24)12(20)17-11-6(13(21)22)1-2-9(16-11)15(25)26/h1-4,18-19H,(H,21,22)(H,23,24)(H,25,26)(H,16,17,20). The van der Waals surface area contributed by atoms with E-state index in [-0.39, 0.29) is 0 Å². The monoisotopic (exact) mass is 362 g/mol. The largest absolute Gasteiger partial charge is 0.508 e. The van der Waals surface area contributed by atoms with Gasteiger partial charge in [0.25, 0.3) is 5.91 Å². The fraction of sp³-hybridized carbons (Fsp3) is 0. The van der Waals surface area contributed by atoms with Crippen molar-refractivity contribution in [3.8, 4) is 11.5 Å². The first-order valence-electron chi connectivity index (χ1n) is 6.70. The van der Waals surface area contributed by atoms with Crippen molar-refractivity contribution in [2.24, 2.45) is 0 Å². The predicted molar refractivity (Wildman–Crippen MR) is 82.8 cm³/mol. The Balaban J connectivity index is 2.51. The smallest absolute Gasteiger partial charge is 0.354 e. The van der Waals surface area contributed by atoms with E-state index in [1.54, 1.807) is 0 Å². The second-order valence-electron chi connectivity index (χ2n) is 4.85. The average molecular weight is 362 g/mol. The molecule has 1 aromatic carbocycles. The molecule has 0 fully saturated rings. The molecule has 0 aliphatic rings. The third-order valence-electron chi connectivity index (χ3n) is 3.15. The highest BCUT2D eigenvalue weighted by molar-refractivity contribution is 6.10. The minimum absolute atomic E-state index is 0.540. The highest BCUT2D eigenvalue weighted by atomic mass is 16.4. The zero-order valence-corrected chi connectivity index (χ0v) is 12.6. The highest BCUT2D eigenvalue weighted by Gasteiger charge is 2.23. The number of hydrogen-bond acceptors (Lipinski definition) is 7. The van der Waals surface area contributed by atoms with Crippen molar-refractivity contribution in [3.63, 3.8) is 0 Å². The van der Waals surface area contributed by atoms with E-state index in [9.17, 15) is 29.4 Å². The molecule has 0 bridgehead atoms. The Morgan fingerprint density at radius 2 is 1.38 bits per heavy atom. The average Bonchev–Trinajstić information content (AvgIpc) is 2.55. The van der Waals surface area contributed by atoms with E-state index in [0.717, 1.165) is 18.2 Å². The van der Waals surface area contributed by atoms with E-state index in [2.05, 4.69) is 4.98 Å². The van der Waals surface area contributed by atoms with E-state index in [4.69, 9.17) is 15.3 Å². The molecule has 11 heteroatoms. The summed E-state index contributed by atoms with van der Waals surface area (Å²) in [7, 11) is 0. The normalized spacial score (nSPS) is 10.2. The first-order valence-corrected chi connectivity index (χ1v) is 6.70. The topological polar surface area (TPSA) is 194 Å². The molecule has 0 saturated carbocycles. The van der Waals surface area contributed by atoms with Crippen LogP contribution in [0.1, 0.15) is 41.6 Å². The van der Waals surface area contributed by atoms with Crippen molar-refractivity contribution in [2.75, 3.05) is 5.32 Å². The maximum absolute atomic E-state index is 12.3. The number of carboxylic acids is 3. The van der Waals surface area contributed by atoms with E-state index in [1.807, 2.05) is 5.32 Å². The molecule has 0 aliphatic carbocycles. The Bertz CT molecular complexity index is 952. The van der Waals surface area contributed by atoms with E-state index < -0.39 is 63.5 Å². The van der Waals surface area contributed by atoms with Gasteiger partial charge in [-0.3, -0.25) is 4.79 Å². The van der Waals surface area contributed by atoms with Crippen LogP contribution in [0.15, 0.2) is 24.3 Å². The van der Waals surface area contributed by atoms with Crippen molar-refractivity contribution in [1.82, 2.24) is 4.98 Å². The van der Waals surface area contributed by atoms with Gasteiger partial charge in [0, 0.05) is 0 Å². The van der Waals surface area contributed by atoms with Gasteiger partial charge in [-0.1, -0.05) is 0 Å². The van der Waals surface area contributed by atoms with E-state index in [0.29, 0.717) is 6.07 Å². The number of aromatic hydroxyl groups is 2. The molecule has 0 unspecified atom stereocenters. The minimum atomic E-state index is -1.62. The van der Waals surface area contributed by atoms with Crippen LogP contribution in [-0.4, -0.2) is 54.3 Å². The molecular weight excluding hydrogens is 352 g/mol. The number of carbonyl (C=O) groups is 4. The maximum Gasteiger partial charge on any atom is 0.354 e. The zero-order valence-electron chi connectivity index (χ0n) is 12.6. The summed E-state index contributed by atoms with van der Waals surface area (Å²) in [5.74, 6) is -8.08. The molecule has 1 amide bonds. The van der Waals surface area contributed by atoms with Crippen molar-refractivity contribution < 1.29 is 44.7 Å². The fourth-order valence-corrected chi connectivity index (χ4v) is 1.98. The number of hydrogen-bond donors (Lipinski definition) is 6. The van der Waals surface area contributed by atoms with Crippen LogP contribution in [0.3, 0.4) is 0 Å². The summed E-state index contributed by atoms with van der Waals surface area (Å²) in [5, 5.41) is 48.3. The Labute approximate surface area is 143 Å². The summed E-state index contributed by atoms with van der Waals surface area (Å²) in [6.45, 7) is 0. The molecular formula is C15H10N2O9. The first kappa shape index (κ1) is 18.2. The molecule has 0 radical (unpaired) electrons. The number of carboxylic acid groups (broad SMARTS) is 3. The van der Waals surface area contributed by atoms with E-state index >= 15 is 0 Å². The first-order chi connectivity index (χ1) is 12.1. The molecule has 1 heterocycles. The molecule has 0 atom stereocenters. The summed E-state index contributed by atoms with van der Waals surface area (Å²) in [6, 6.07) is 3.27. The molecule has 134 valence electrons. The third-order valence-corrected chi connectivity index (χ3v) is 3.15. The summed E-state index contributed by atoms with van der Waals surface area (Å²) in [5.41, 5.74) is -2.54. The van der Waals surface area contributed by atoms with Crippen LogP contribution < -0.4 is 5.32 Å². The number of pyridine rings is 1. The fourth-order valence-electron chi connectivity index (χ4n) is 1.98. The van der Waals surface area contributed by atoms with Crippen LogP contribution in [0.5, 0.6) is 11.5 Å². The van der Waals surface area contributed by atoms with Crippen LogP contribution in [0.4, 0.5) is 5.82 Å². The lowest BCUT2D eigenvalue weighted by Crippen LogP contribution is -2.18. The second-order valence-corrected chi connectivity index (χ2v) is 4.85. The lowest BCUT2D eigenvalue weighted by atomic mass is 10.1. The lowest BCUT2D eigenvalue weighted by Gasteiger charge is -2.11. The molecule has 1 aromatic heterocycles. The van der Waals surface area contributed by atoms with Crippen molar-refractivity contribution in [2.45, 2.75) is 0 Å². The number of nitrogens with one attached hydrogen (secondary N) is 1. The van der Waals surface area contributed by atoms with Crippen LogP contribution in [0.25, 0.3) is 0 Å². The van der Waals surface area contributed by atoms with Gasteiger partial charge >= 0.3 is 17.9 Å². The predicted octanol–water partition coefficient (Wildman–Crippen LogP) is 0.840. The van der Waals surface area contributed by atoms with Crippen LogP contribution in [-0.2, 0) is 0 Å². The number of amides is 1. The highest BCUT2D eigenvalue weighted by Crippen LogP contribution is 2.29. The molecule has 0 saturated heterocycles. The number of phenols is 2. The molecule has 2 aromatic rings. The Morgan fingerprint density at radius 1 is 0.808 bits per heavy atom. The van der Waals surface area contributed by atoms with Gasteiger partial charge in [-0.05, 0) is 24.3 Å². The number of aromatic carboxylic acids is 3. The number of phenolic OH excluding ortho intramolecular Hbond substituents is 1. The quantitative estimate of drug-likeness (QED) is 0.415. The lowest BCUT2D eigenvalue weighted by molar-refractivity contribution is 0.0676. The number of anilines is 1. The van der Waals surface area contributed by atoms with Crippen molar-refractivity contribution in [1.29, 1.82) is 0 Å². The maximum atomic E-state index is 12.3. The number of carbonyl (C=O) groups excluding carboxylic acids is 1. The third kappa shape index (κ3) is 3.51. The molecule has 0 spiro atoms. The van der Waals surface area contributed by atoms with Gasteiger partial charge in [0.1, 0.15) is 28.4 Å². The van der Waals surface area contributed by atoms with Gasteiger partial charge in [-0.2, -0.15) is 0 Å². The number of benzene rings is 1. The van der Waals surface area contributed by atoms with Gasteiger partial charge in [0.05, 0.1) is 5.56 Å². The Morgan fingerprint density at radius 3 is 1.92 bits per heavy atom. The van der Waals surface area contributed by atoms with Gasteiger partial charge in [-0.25, -0.2) is 19.4 Å². The Kier molecular flexibility index (Phi) is 4.73. The van der Waals surface area contributed by atoms with Gasteiger partial charge in [0.2, 0.25) is 0 Å².